The molecule has 0 spiro atoms. The van der Waals surface area contributed by atoms with E-state index in [-0.39, 0.29) is 0 Å². The molecule has 0 bridgehead atoms. The lowest BCUT2D eigenvalue weighted by atomic mass is 10.0. The highest BCUT2D eigenvalue weighted by molar-refractivity contribution is 6.08. The number of hydrogen-bond acceptors (Lipinski definition) is 9. The van der Waals surface area contributed by atoms with Gasteiger partial charge in [-0.15, -0.1) is 0 Å². The summed E-state index contributed by atoms with van der Waals surface area (Å²) < 4.78 is 5.64. The van der Waals surface area contributed by atoms with Gasteiger partial charge in [-0.25, -0.2) is 9.97 Å². The zero-order valence-electron chi connectivity index (χ0n) is 18.7. The van der Waals surface area contributed by atoms with E-state index in [0.29, 0.717) is 40.4 Å². The monoisotopic (exact) mass is 424 g/mol. The minimum atomic E-state index is 0.415. The first-order valence-electron chi connectivity index (χ1n) is 10.3. The van der Waals surface area contributed by atoms with Crippen molar-refractivity contribution in [1.82, 2.24) is 14.9 Å². The Labute approximate surface area is 183 Å². The molecule has 3 rings (SSSR count). The average molecular weight is 425 g/mol. The van der Waals surface area contributed by atoms with Crippen LogP contribution >= 0.6 is 0 Å². The Morgan fingerprint density at radius 1 is 1.32 bits per heavy atom. The zero-order valence-corrected chi connectivity index (χ0v) is 18.7. The number of hydrogen-bond donors (Lipinski definition) is 3. The van der Waals surface area contributed by atoms with Crippen molar-refractivity contribution in [3.8, 4) is 5.75 Å². The summed E-state index contributed by atoms with van der Waals surface area (Å²) in [5, 5.41) is 3.21. The Morgan fingerprint density at radius 3 is 2.68 bits per heavy atom. The lowest BCUT2D eigenvalue weighted by molar-refractivity contribution is 0.249. The molecule has 1 saturated heterocycles. The van der Waals surface area contributed by atoms with Gasteiger partial charge in [0.15, 0.2) is 0 Å². The lowest BCUT2D eigenvalue weighted by Crippen LogP contribution is -2.42. The van der Waals surface area contributed by atoms with E-state index in [1.807, 2.05) is 12.1 Å². The van der Waals surface area contributed by atoms with Gasteiger partial charge in [-0.3, -0.25) is 4.99 Å². The number of rotatable bonds is 7. The Hall–Kier alpha value is -3.33. The van der Waals surface area contributed by atoms with E-state index in [0.717, 1.165) is 31.6 Å². The molecule has 1 aliphatic heterocycles. The zero-order chi connectivity index (χ0) is 22.4. The molecule has 9 heteroatoms. The topological polar surface area (TPSA) is 118 Å². The predicted molar refractivity (Wildman–Crippen MR) is 128 cm³/mol. The molecule has 9 nitrogen and oxygen atoms in total. The summed E-state index contributed by atoms with van der Waals surface area (Å²) >= 11 is 0. The molecule has 0 unspecified atom stereocenters. The van der Waals surface area contributed by atoms with Crippen molar-refractivity contribution in [3.05, 3.63) is 36.3 Å². The summed E-state index contributed by atoms with van der Waals surface area (Å²) in [6, 6.07) is 6.23. The Kier molecular flexibility index (Phi) is 7.30. The highest BCUT2D eigenvalue weighted by atomic mass is 16.5. The number of allylic oxidation sites excluding steroid dienone is 1. The maximum absolute atomic E-state index is 6.43. The molecule has 0 aliphatic carbocycles. The molecule has 166 valence electrons. The van der Waals surface area contributed by atoms with Crippen molar-refractivity contribution in [2.24, 2.45) is 10.7 Å². The molecule has 1 aliphatic rings. The maximum atomic E-state index is 6.43. The molecule has 2 aromatic rings. The number of aliphatic imine (C=N–C) groups is 1. The minimum Gasteiger partial charge on any atom is -0.494 e. The van der Waals surface area contributed by atoms with Crippen LogP contribution in [-0.2, 0) is 0 Å². The van der Waals surface area contributed by atoms with Crippen molar-refractivity contribution in [1.29, 1.82) is 0 Å². The summed E-state index contributed by atoms with van der Waals surface area (Å²) in [6.07, 6.45) is 6.99. The van der Waals surface area contributed by atoms with Crippen molar-refractivity contribution in [2.75, 3.05) is 57.3 Å². The first-order valence-corrected chi connectivity index (χ1v) is 10.3. The van der Waals surface area contributed by atoms with Crippen LogP contribution in [0.2, 0.25) is 0 Å². The fourth-order valence-corrected chi connectivity index (χ4v) is 3.78. The second-order valence-corrected chi connectivity index (χ2v) is 7.69. The normalized spacial score (nSPS) is 15.6. The Bertz CT molecular complexity index is 949. The molecular weight excluding hydrogens is 392 g/mol. The SMILES string of the molecule is CN=CC(=CN)c1ccnc(Nc2cc(N)c(N3CCC(N(C)C)CC3)cc2OC)n1. The van der Waals surface area contributed by atoms with Gasteiger partial charge >= 0.3 is 0 Å². The third-order valence-electron chi connectivity index (χ3n) is 5.53. The quantitative estimate of drug-likeness (QED) is 0.458. The average Bonchev–Trinajstić information content (AvgIpc) is 2.78. The number of nitrogen functional groups attached to an aromatic ring is 1. The molecule has 5 N–H and O–H groups in total. The third kappa shape index (κ3) is 5.24. The van der Waals surface area contributed by atoms with Gasteiger partial charge in [0.1, 0.15) is 5.75 Å². The Balaban J connectivity index is 1.83. The Morgan fingerprint density at radius 2 is 2.06 bits per heavy atom. The second kappa shape index (κ2) is 10.1. The van der Waals surface area contributed by atoms with E-state index in [9.17, 15) is 0 Å². The third-order valence-corrected chi connectivity index (χ3v) is 5.53. The van der Waals surface area contributed by atoms with Crippen molar-refractivity contribution < 1.29 is 4.74 Å². The molecule has 0 atom stereocenters. The van der Waals surface area contributed by atoms with Crippen LogP contribution in [0.3, 0.4) is 0 Å². The molecular formula is C22H32N8O. The first kappa shape index (κ1) is 22.4. The number of methoxy groups -OCH3 is 1. The van der Waals surface area contributed by atoms with Crippen LogP contribution in [0, 0.1) is 0 Å². The van der Waals surface area contributed by atoms with E-state index in [1.54, 1.807) is 32.6 Å². The predicted octanol–water partition coefficient (Wildman–Crippen LogP) is 2.34. The number of ether oxygens (including phenoxy) is 1. The summed E-state index contributed by atoms with van der Waals surface area (Å²) in [5.41, 5.74) is 15.9. The number of nitrogens with one attached hydrogen (secondary N) is 1. The molecule has 0 radical (unpaired) electrons. The van der Waals surface area contributed by atoms with E-state index in [2.05, 4.69) is 44.2 Å². The number of benzene rings is 1. The standard InChI is InChI=1S/C22H32N8O/c1-25-14-15(13-23)18-5-8-26-22(27-18)28-19-11-17(24)20(12-21(19)31-4)30-9-6-16(7-10-30)29(2)3/h5,8,11-14,16H,6-7,9-10,23-24H2,1-4H3,(H,26,27,28). The number of aromatic nitrogens is 2. The summed E-state index contributed by atoms with van der Waals surface area (Å²) in [5.74, 6) is 1.09. The van der Waals surface area contributed by atoms with Gasteiger partial charge in [0.2, 0.25) is 5.95 Å². The number of piperidine rings is 1. The lowest BCUT2D eigenvalue weighted by Gasteiger charge is -2.37. The summed E-state index contributed by atoms with van der Waals surface area (Å²) in [6.45, 7) is 1.92. The highest BCUT2D eigenvalue weighted by Crippen LogP contribution is 2.37. The van der Waals surface area contributed by atoms with Crippen LogP contribution < -0.4 is 26.4 Å². The molecule has 1 aromatic heterocycles. The van der Waals surface area contributed by atoms with Crippen LogP contribution in [0.1, 0.15) is 18.5 Å². The van der Waals surface area contributed by atoms with E-state index >= 15 is 0 Å². The fourth-order valence-electron chi connectivity index (χ4n) is 3.78. The van der Waals surface area contributed by atoms with Gasteiger partial charge in [-0.05, 0) is 39.1 Å². The highest BCUT2D eigenvalue weighted by Gasteiger charge is 2.23. The van der Waals surface area contributed by atoms with E-state index in [1.165, 1.54) is 6.20 Å². The van der Waals surface area contributed by atoms with Crippen LogP contribution in [0.15, 0.2) is 35.6 Å². The summed E-state index contributed by atoms with van der Waals surface area (Å²) in [7, 11) is 7.60. The fraction of sp³-hybridized carbons (Fsp3) is 0.409. The largest absolute Gasteiger partial charge is 0.494 e. The minimum absolute atomic E-state index is 0.415. The van der Waals surface area contributed by atoms with Gasteiger partial charge in [-0.1, -0.05) is 0 Å². The van der Waals surface area contributed by atoms with E-state index < -0.39 is 0 Å². The summed E-state index contributed by atoms with van der Waals surface area (Å²) in [4.78, 5) is 17.5. The molecule has 2 heterocycles. The maximum Gasteiger partial charge on any atom is 0.227 e. The number of nitrogens with zero attached hydrogens (tertiary/aromatic N) is 5. The van der Waals surface area contributed by atoms with Crippen LogP contribution in [0.5, 0.6) is 5.75 Å². The molecule has 31 heavy (non-hydrogen) atoms. The molecule has 0 saturated carbocycles. The molecule has 1 fully saturated rings. The number of nitrogens with two attached hydrogens (primary N) is 2. The van der Waals surface area contributed by atoms with Crippen LogP contribution in [-0.4, -0.2) is 68.5 Å². The van der Waals surface area contributed by atoms with Crippen LogP contribution in [0.4, 0.5) is 23.0 Å². The number of anilines is 4. The molecule has 0 amide bonds. The van der Waals surface area contributed by atoms with Gasteiger partial charge in [-0.2, -0.15) is 0 Å². The van der Waals surface area contributed by atoms with Gasteiger partial charge in [0, 0.05) is 56.4 Å². The first-order chi connectivity index (χ1) is 15.0. The van der Waals surface area contributed by atoms with Crippen molar-refractivity contribution >= 4 is 34.8 Å². The van der Waals surface area contributed by atoms with Gasteiger partial charge in [0.05, 0.1) is 29.9 Å². The smallest absolute Gasteiger partial charge is 0.227 e. The second-order valence-electron chi connectivity index (χ2n) is 7.69. The van der Waals surface area contributed by atoms with Gasteiger partial charge in [0.25, 0.3) is 0 Å². The van der Waals surface area contributed by atoms with Crippen molar-refractivity contribution in [2.45, 2.75) is 18.9 Å². The molecule has 1 aromatic carbocycles. The van der Waals surface area contributed by atoms with E-state index in [4.69, 9.17) is 16.2 Å². The van der Waals surface area contributed by atoms with Crippen molar-refractivity contribution in [3.63, 3.8) is 0 Å². The van der Waals surface area contributed by atoms with Gasteiger partial charge < -0.3 is 31.3 Å². The van der Waals surface area contributed by atoms with Crippen LogP contribution in [0.25, 0.3) is 5.57 Å².